The maximum absolute atomic E-state index is 14.3. The van der Waals surface area contributed by atoms with E-state index < -0.39 is 71.1 Å². The van der Waals surface area contributed by atoms with Crippen molar-refractivity contribution in [2.45, 2.75) is 147 Å². The normalized spacial score (nSPS) is 40.2. The molecule has 1 amide bonds. The summed E-state index contributed by atoms with van der Waals surface area (Å²) in [4.78, 5) is 48.1. The topological polar surface area (TPSA) is 182 Å². The van der Waals surface area contributed by atoms with Crippen molar-refractivity contribution in [3.8, 4) is 0 Å². The highest BCUT2D eigenvalue weighted by Crippen LogP contribution is 2.41. The molecule has 0 spiro atoms. The number of nitrogens with one attached hydrogen (secondary N) is 1. The lowest BCUT2D eigenvalue weighted by Gasteiger charge is -2.46. The van der Waals surface area contributed by atoms with Gasteiger partial charge in [0, 0.05) is 43.1 Å². The molecular weight excluding hydrogens is 679 g/mol. The van der Waals surface area contributed by atoms with Crippen LogP contribution in [0.15, 0.2) is 5.11 Å². The number of ketones is 1. The summed E-state index contributed by atoms with van der Waals surface area (Å²) >= 11 is 0. The fourth-order valence-electron chi connectivity index (χ4n) is 8.29. The van der Waals surface area contributed by atoms with Crippen molar-refractivity contribution >= 4 is 26.3 Å². The predicted molar refractivity (Wildman–Crippen MR) is 191 cm³/mol. The summed E-state index contributed by atoms with van der Waals surface area (Å²) in [6.07, 6.45) is -0.686. The molecule has 0 radical (unpaired) electrons. The Morgan fingerprint density at radius 3 is 2.41 bits per heavy atom. The molecule has 3 aliphatic heterocycles. The summed E-state index contributed by atoms with van der Waals surface area (Å²) in [5.41, 5.74) is 5.88. The summed E-state index contributed by atoms with van der Waals surface area (Å²) in [6.45, 7) is 16.0. The Labute approximate surface area is 305 Å². The molecule has 0 aromatic rings. The van der Waals surface area contributed by atoms with Crippen molar-refractivity contribution < 1.29 is 42.6 Å². The van der Waals surface area contributed by atoms with E-state index in [2.05, 4.69) is 22.3 Å². The molecule has 1 N–H and O–H groups in total. The maximum atomic E-state index is 14.3. The fraction of sp³-hybridized carbons (Fsp3) is 0.914. The van der Waals surface area contributed by atoms with Crippen LogP contribution in [0.2, 0.25) is 0 Å². The van der Waals surface area contributed by atoms with Gasteiger partial charge in [0.25, 0.3) is 0 Å². The third kappa shape index (κ3) is 9.79. The molecule has 3 saturated heterocycles. The Balaban J connectivity index is 2.04. The van der Waals surface area contributed by atoms with Gasteiger partial charge in [0.15, 0.2) is 26.1 Å². The first-order valence-corrected chi connectivity index (χ1v) is 19.2. The van der Waals surface area contributed by atoms with Gasteiger partial charge in [-0.25, -0.2) is 4.79 Å². The zero-order valence-electron chi connectivity index (χ0n) is 32.4. The number of rotatable bonds is 11. The highest BCUT2D eigenvalue weighted by molar-refractivity contribution is 7.25. The van der Waals surface area contributed by atoms with E-state index in [9.17, 15) is 18.9 Å². The maximum Gasteiger partial charge on any atom is 0.410 e. The quantitative estimate of drug-likeness (QED) is 0.0548. The van der Waals surface area contributed by atoms with Gasteiger partial charge in [0.1, 0.15) is 17.7 Å². The molecule has 290 valence electrons. The molecule has 13 atom stereocenters. The molecular formula is C35H61N6O9P. The Morgan fingerprint density at radius 2 is 1.82 bits per heavy atom. The van der Waals surface area contributed by atoms with Crippen LogP contribution in [0.3, 0.4) is 0 Å². The summed E-state index contributed by atoms with van der Waals surface area (Å²) in [6, 6.07) is -0.910. The van der Waals surface area contributed by atoms with E-state index in [1.165, 1.54) is 6.92 Å². The van der Waals surface area contributed by atoms with Crippen molar-refractivity contribution in [2.75, 3.05) is 40.8 Å². The van der Waals surface area contributed by atoms with Gasteiger partial charge >= 0.3 is 12.1 Å². The van der Waals surface area contributed by atoms with Gasteiger partial charge in [0.05, 0.1) is 23.9 Å². The SMILES string of the molecule is CC[C@H]1OC(=O)[C@H](C)C(=O)[C@H](C)[C@@H](O[C@@H]2O[C@H](C)CC(N(C)C)[C@H]2P=O)[C@](C)(OC)C[C@@H](C)CN[C@H](C)[C@H]2N(CCCCN=[N+]=[N-])C(=O)O[C@]12C. The minimum atomic E-state index is -1.23. The first kappa shape index (κ1) is 43.0. The second-order valence-corrected chi connectivity index (χ2v) is 16.2. The van der Waals surface area contributed by atoms with E-state index in [1.807, 2.05) is 46.7 Å². The van der Waals surface area contributed by atoms with E-state index in [0.29, 0.717) is 51.7 Å². The zero-order chi connectivity index (χ0) is 38.3. The number of methoxy groups -OCH3 is 1. The number of azide groups is 1. The number of fused-ring (bicyclic) bond motifs is 1. The van der Waals surface area contributed by atoms with Crippen LogP contribution in [0.4, 0.5) is 4.79 Å². The Hall–Kier alpha value is -2.38. The van der Waals surface area contributed by atoms with Crippen LogP contribution in [0.5, 0.6) is 0 Å². The Morgan fingerprint density at radius 1 is 1.14 bits per heavy atom. The van der Waals surface area contributed by atoms with Crippen LogP contribution >= 0.6 is 8.46 Å². The molecule has 15 nitrogen and oxygen atoms in total. The van der Waals surface area contributed by atoms with Gasteiger partial charge in [-0.3, -0.25) is 19.1 Å². The van der Waals surface area contributed by atoms with Crippen molar-refractivity contribution in [3.05, 3.63) is 10.4 Å². The summed E-state index contributed by atoms with van der Waals surface area (Å²) in [5, 5.41) is 7.23. The van der Waals surface area contributed by atoms with E-state index in [-0.39, 0.29) is 32.6 Å². The number of unbranched alkanes of at least 4 members (excludes halogenated alkanes) is 1. The third-order valence-electron chi connectivity index (χ3n) is 11.1. The Kier molecular flexibility index (Phi) is 15.7. The number of Topliss-reactive ketones (excluding diaryl/α,β-unsaturated/α-hetero) is 1. The van der Waals surface area contributed by atoms with E-state index >= 15 is 0 Å². The van der Waals surface area contributed by atoms with Crippen molar-refractivity contribution in [2.24, 2.45) is 22.9 Å². The first-order valence-electron chi connectivity index (χ1n) is 18.3. The third-order valence-corrected chi connectivity index (χ3v) is 12.0. The smallest absolute Gasteiger partial charge is 0.410 e. The molecule has 3 fully saturated rings. The zero-order valence-corrected chi connectivity index (χ0v) is 33.3. The molecule has 51 heavy (non-hydrogen) atoms. The van der Waals surface area contributed by atoms with Gasteiger partial charge in [-0.15, -0.1) is 0 Å². The van der Waals surface area contributed by atoms with E-state index in [0.717, 1.165) is 0 Å². The van der Waals surface area contributed by atoms with Gasteiger partial charge in [-0.1, -0.05) is 25.9 Å². The number of amides is 1. The van der Waals surface area contributed by atoms with Gasteiger partial charge < -0.3 is 33.9 Å². The molecule has 1 unspecified atom stereocenters. The van der Waals surface area contributed by atoms with Crippen LogP contribution < -0.4 is 5.32 Å². The average Bonchev–Trinajstić information content (AvgIpc) is 3.35. The highest BCUT2D eigenvalue weighted by atomic mass is 31.1. The van der Waals surface area contributed by atoms with Gasteiger partial charge in [-0.05, 0) is 98.8 Å². The van der Waals surface area contributed by atoms with Crippen molar-refractivity contribution in [1.82, 2.24) is 15.1 Å². The predicted octanol–water partition coefficient (Wildman–Crippen LogP) is 5.35. The second-order valence-electron chi connectivity index (χ2n) is 15.4. The standard InChI is InChI=1S/C35H61N6O9P/c1-12-26-35(8)29(41(33(44)50-35)16-14-13-15-38-39-36)24(6)37-19-20(2)18-34(7,46-11)30(22(4)27(42)23(5)31(43)48-26)49-32-28(51-45)25(40(9)10)17-21(3)47-32/h20-26,28-30,32,37H,12-19H2,1-11H3/t20-,21-,22+,23-,24-,25?,26-,28-,29-,30-,32+,34-,35-/m1/s1. The number of carbonyl (C=O) groups is 3. The molecule has 0 bridgehead atoms. The summed E-state index contributed by atoms with van der Waals surface area (Å²) in [7, 11) is 5.30. The lowest BCUT2D eigenvalue weighted by atomic mass is 9.78. The van der Waals surface area contributed by atoms with E-state index in [4.69, 9.17) is 29.2 Å². The molecule has 3 aliphatic rings. The van der Waals surface area contributed by atoms with Crippen LogP contribution in [0.1, 0.15) is 87.5 Å². The number of ether oxygens (including phenoxy) is 5. The van der Waals surface area contributed by atoms with Crippen molar-refractivity contribution in [1.29, 1.82) is 0 Å². The number of nitrogens with zero attached hydrogens (tertiary/aromatic N) is 5. The monoisotopic (exact) mass is 740 g/mol. The molecule has 0 aromatic heterocycles. The van der Waals surface area contributed by atoms with Crippen LogP contribution in [-0.4, -0.2) is 128 Å². The fourth-order valence-corrected chi connectivity index (χ4v) is 9.06. The molecule has 3 rings (SSSR count). The number of hydrogen-bond donors (Lipinski definition) is 1. The van der Waals surface area contributed by atoms with Crippen molar-refractivity contribution in [3.63, 3.8) is 0 Å². The first-order chi connectivity index (χ1) is 24.0. The van der Waals surface area contributed by atoms with Gasteiger partial charge in [0.2, 0.25) is 0 Å². The molecule has 0 aliphatic carbocycles. The highest BCUT2D eigenvalue weighted by Gasteiger charge is 2.58. The number of carbonyl (C=O) groups excluding carboxylic acids is 3. The summed E-state index contributed by atoms with van der Waals surface area (Å²) in [5.74, 6) is -3.16. The molecule has 0 saturated carbocycles. The van der Waals surface area contributed by atoms with Crippen LogP contribution in [0.25, 0.3) is 10.4 Å². The second kappa shape index (κ2) is 18.6. The number of hydrogen-bond acceptors (Lipinski definition) is 12. The van der Waals surface area contributed by atoms with Gasteiger partial charge in [-0.2, -0.15) is 0 Å². The molecule has 3 heterocycles. The lowest BCUT2D eigenvalue weighted by molar-refractivity contribution is -0.260. The average molecular weight is 741 g/mol. The summed E-state index contributed by atoms with van der Waals surface area (Å²) < 4.78 is 44.0. The molecule has 0 aromatic carbocycles. The minimum Gasteiger partial charge on any atom is -0.458 e. The Bertz CT molecular complexity index is 1270. The minimum absolute atomic E-state index is 0.0102. The van der Waals surface area contributed by atoms with E-state index in [1.54, 1.807) is 25.9 Å². The number of esters is 1. The lowest BCUT2D eigenvalue weighted by Crippen LogP contribution is -2.61. The largest absolute Gasteiger partial charge is 0.458 e. The van der Waals surface area contributed by atoms with Crippen LogP contribution in [-0.2, 0) is 37.8 Å². The van der Waals surface area contributed by atoms with Crippen LogP contribution in [0, 0.1) is 17.8 Å². The number of cyclic esters (lactones) is 1. The molecule has 16 heteroatoms.